The number of benzene rings is 1. The normalized spacial score (nSPS) is 16.3. The van der Waals surface area contributed by atoms with Gasteiger partial charge >= 0.3 is 0 Å². The molecule has 7 heteroatoms. The first-order chi connectivity index (χ1) is 10.1. The second kappa shape index (κ2) is 5.83. The van der Waals surface area contributed by atoms with Crippen molar-refractivity contribution in [2.24, 2.45) is 11.8 Å². The number of hydrogen-bond donors (Lipinski definition) is 2. The first kappa shape index (κ1) is 14.0. The fourth-order valence-corrected chi connectivity index (χ4v) is 2.44. The maximum absolute atomic E-state index is 12.4. The average molecular weight is 306 g/mol. The van der Waals surface area contributed by atoms with Crippen molar-refractivity contribution in [1.82, 2.24) is 20.1 Å². The Bertz CT molecular complexity index is 639. The maximum Gasteiger partial charge on any atom is 0.227 e. The van der Waals surface area contributed by atoms with Crippen molar-refractivity contribution in [3.8, 4) is 5.69 Å². The van der Waals surface area contributed by atoms with Crippen molar-refractivity contribution >= 4 is 23.2 Å². The number of nitrogens with zero attached hydrogens (tertiary/aromatic N) is 3. The summed E-state index contributed by atoms with van der Waals surface area (Å²) in [6.07, 6.45) is 3.03. The summed E-state index contributed by atoms with van der Waals surface area (Å²) in [5.41, 5.74) is 1.38. The van der Waals surface area contributed by atoms with Gasteiger partial charge in [0.1, 0.15) is 12.7 Å². The highest BCUT2D eigenvalue weighted by molar-refractivity contribution is 6.31. The van der Waals surface area contributed by atoms with E-state index in [1.165, 1.54) is 6.33 Å². The first-order valence-electron chi connectivity index (χ1n) is 6.81. The molecule has 1 aliphatic heterocycles. The average Bonchev–Trinajstić information content (AvgIpc) is 2.90. The molecule has 1 atom stereocenters. The Morgan fingerprint density at radius 3 is 2.95 bits per heavy atom. The summed E-state index contributed by atoms with van der Waals surface area (Å²) in [5.74, 6) is 0.331. The van der Waals surface area contributed by atoms with E-state index >= 15 is 0 Å². The third kappa shape index (κ3) is 2.91. The zero-order valence-corrected chi connectivity index (χ0v) is 12.3. The van der Waals surface area contributed by atoms with Gasteiger partial charge in [0, 0.05) is 10.9 Å². The lowest BCUT2D eigenvalue weighted by atomic mass is 9.88. The molecule has 1 aromatic heterocycles. The molecule has 2 aromatic rings. The van der Waals surface area contributed by atoms with Gasteiger partial charge in [-0.1, -0.05) is 18.5 Å². The molecule has 6 nitrogen and oxygen atoms in total. The smallest absolute Gasteiger partial charge is 0.227 e. The van der Waals surface area contributed by atoms with Crippen molar-refractivity contribution in [3.63, 3.8) is 0 Å². The summed E-state index contributed by atoms with van der Waals surface area (Å²) in [7, 11) is 0. The van der Waals surface area contributed by atoms with Crippen molar-refractivity contribution in [3.05, 3.63) is 35.9 Å². The van der Waals surface area contributed by atoms with Crippen molar-refractivity contribution in [2.45, 2.75) is 6.92 Å². The minimum Gasteiger partial charge on any atom is -0.324 e. The number of amides is 1. The molecule has 21 heavy (non-hydrogen) atoms. The van der Waals surface area contributed by atoms with E-state index < -0.39 is 0 Å². The van der Waals surface area contributed by atoms with Crippen LogP contribution in [0.2, 0.25) is 5.02 Å². The van der Waals surface area contributed by atoms with Crippen LogP contribution in [0.4, 0.5) is 5.69 Å². The highest BCUT2D eigenvalue weighted by Crippen LogP contribution is 2.25. The highest BCUT2D eigenvalue weighted by Gasteiger charge is 2.29. The Balaban J connectivity index is 1.83. The van der Waals surface area contributed by atoms with E-state index in [9.17, 15) is 4.79 Å². The number of rotatable bonds is 4. The van der Waals surface area contributed by atoms with Gasteiger partial charge in [0.2, 0.25) is 5.91 Å². The van der Waals surface area contributed by atoms with Gasteiger partial charge < -0.3 is 10.6 Å². The SMILES string of the molecule is CC(C(=O)Nc1cc(Cl)ccc1-n1cncn1)C1CNC1. The van der Waals surface area contributed by atoms with Gasteiger partial charge in [-0.05, 0) is 37.2 Å². The Morgan fingerprint density at radius 1 is 1.52 bits per heavy atom. The molecule has 1 fully saturated rings. The molecule has 1 saturated heterocycles. The molecule has 0 saturated carbocycles. The molecule has 1 aromatic carbocycles. The first-order valence-corrected chi connectivity index (χ1v) is 7.19. The molecule has 1 aliphatic rings. The molecular weight excluding hydrogens is 290 g/mol. The van der Waals surface area contributed by atoms with Crippen LogP contribution in [0.1, 0.15) is 6.92 Å². The van der Waals surface area contributed by atoms with E-state index in [0.29, 0.717) is 16.6 Å². The standard InChI is InChI=1S/C14H16ClN5O/c1-9(10-5-16-6-10)14(21)19-12-4-11(15)2-3-13(12)20-8-17-7-18-20/h2-4,7-10,16H,5-6H2,1H3,(H,19,21). The number of carbonyl (C=O) groups excluding carboxylic acids is 1. The predicted octanol–water partition coefficient (Wildman–Crippen LogP) is 1.71. The van der Waals surface area contributed by atoms with Gasteiger partial charge in [0.05, 0.1) is 11.4 Å². The zero-order valence-electron chi connectivity index (χ0n) is 11.6. The molecule has 110 valence electrons. The van der Waals surface area contributed by atoms with Gasteiger partial charge in [-0.15, -0.1) is 0 Å². The largest absolute Gasteiger partial charge is 0.324 e. The molecule has 0 radical (unpaired) electrons. The van der Waals surface area contributed by atoms with Crippen LogP contribution < -0.4 is 10.6 Å². The number of hydrogen-bond acceptors (Lipinski definition) is 4. The predicted molar refractivity (Wildman–Crippen MR) is 80.5 cm³/mol. The number of anilines is 1. The Morgan fingerprint density at radius 2 is 2.33 bits per heavy atom. The maximum atomic E-state index is 12.4. The Labute approximate surface area is 127 Å². The molecule has 1 unspecified atom stereocenters. The monoisotopic (exact) mass is 305 g/mol. The third-order valence-corrected chi connectivity index (χ3v) is 4.05. The van der Waals surface area contributed by atoms with E-state index in [-0.39, 0.29) is 11.8 Å². The summed E-state index contributed by atoms with van der Waals surface area (Å²) in [4.78, 5) is 16.3. The number of halogens is 1. The number of carbonyl (C=O) groups is 1. The van der Waals surface area contributed by atoms with E-state index in [4.69, 9.17) is 11.6 Å². The number of aromatic nitrogens is 3. The minimum absolute atomic E-state index is 0.00914. The third-order valence-electron chi connectivity index (χ3n) is 3.82. The van der Waals surface area contributed by atoms with Crippen LogP contribution in [0.5, 0.6) is 0 Å². The van der Waals surface area contributed by atoms with Gasteiger partial charge in [-0.25, -0.2) is 9.67 Å². The molecule has 0 bridgehead atoms. The molecule has 3 rings (SSSR count). The molecular formula is C14H16ClN5O. The quantitative estimate of drug-likeness (QED) is 0.902. The minimum atomic E-state index is -0.0474. The van der Waals surface area contributed by atoms with Gasteiger partial charge in [-0.2, -0.15) is 5.10 Å². The van der Waals surface area contributed by atoms with Crippen LogP contribution in [0, 0.1) is 11.8 Å². The molecule has 2 N–H and O–H groups in total. The van der Waals surface area contributed by atoms with Crippen molar-refractivity contribution < 1.29 is 4.79 Å². The van der Waals surface area contributed by atoms with Crippen molar-refractivity contribution in [2.75, 3.05) is 18.4 Å². The fourth-order valence-electron chi connectivity index (χ4n) is 2.27. The topological polar surface area (TPSA) is 71.8 Å². The summed E-state index contributed by atoms with van der Waals surface area (Å²) in [6, 6.07) is 5.29. The highest BCUT2D eigenvalue weighted by atomic mass is 35.5. The second-order valence-corrected chi connectivity index (χ2v) is 5.63. The van der Waals surface area contributed by atoms with Crippen LogP contribution in [-0.4, -0.2) is 33.8 Å². The second-order valence-electron chi connectivity index (χ2n) is 5.20. The van der Waals surface area contributed by atoms with Gasteiger partial charge in [-0.3, -0.25) is 4.79 Å². The summed E-state index contributed by atoms with van der Waals surface area (Å²) in [6.45, 7) is 3.72. The molecule has 0 spiro atoms. The van der Waals surface area contributed by atoms with Gasteiger partial charge in [0.25, 0.3) is 0 Å². The van der Waals surface area contributed by atoms with Crippen LogP contribution in [0.3, 0.4) is 0 Å². The summed E-state index contributed by atoms with van der Waals surface area (Å²) in [5, 5.41) is 10.8. The number of nitrogens with one attached hydrogen (secondary N) is 2. The lowest BCUT2D eigenvalue weighted by Crippen LogP contribution is -2.48. The molecule has 0 aliphatic carbocycles. The van der Waals surface area contributed by atoms with E-state index in [1.54, 1.807) is 23.1 Å². The summed E-state index contributed by atoms with van der Waals surface area (Å²) < 4.78 is 1.60. The van der Waals surface area contributed by atoms with Crippen LogP contribution in [0.15, 0.2) is 30.9 Å². The van der Waals surface area contributed by atoms with E-state index in [0.717, 1.165) is 18.8 Å². The lowest BCUT2D eigenvalue weighted by molar-refractivity contribution is -0.121. The summed E-state index contributed by atoms with van der Waals surface area (Å²) >= 11 is 6.04. The lowest BCUT2D eigenvalue weighted by Gasteiger charge is -2.31. The molecule has 2 heterocycles. The Hall–Kier alpha value is -1.92. The van der Waals surface area contributed by atoms with Crippen LogP contribution in [0.25, 0.3) is 5.69 Å². The van der Waals surface area contributed by atoms with E-state index in [2.05, 4.69) is 20.7 Å². The van der Waals surface area contributed by atoms with E-state index in [1.807, 2.05) is 13.0 Å². The van der Waals surface area contributed by atoms with Crippen LogP contribution >= 0.6 is 11.6 Å². The van der Waals surface area contributed by atoms with Gasteiger partial charge in [0.15, 0.2) is 0 Å². The zero-order chi connectivity index (χ0) is 14.8. The fraction of sp³-hybridized carbons (Fsp3) is 0.357. The van der Waals surface area contributed by atoms with Crippen molar-refractivity contribution in [1.29, 1.82) is 0 Å². The molecule has 1 amide bonds. The van der Waals surface area contributed by atoms with Crippen LogP contribution in [-0.2, 0) is 4.79 Å². The Kier molecular flexibility index (Phi) is 3.90.